The summed E-state index contributed by atoms with van der Waals surface area (Å²) < 4.78 is 0. The van der Waals surface area contributed by atoms with E-state index in [1.165, 1.54) is 48.3 Å². The second-order valence-electron chi connectivity index (χ2n) is 5.83. The highest BCUT2D eigenvalue weighted by Gasteiger charge is 2.26. The number of amidine groups is 1. The van der Waals surface area contributed by atoms with Crippen molar-refractivity contribution in [3.8, 4) is 0 Å². The average molecular weight is 274 g/mol. The van der Waals surface area contributed by atoms with E-state index in [2.05, 4.69) is 37.4 Å². The number of nitrogens with one attached hydrogen (secondary N) is 1. The van der Waals surface area contributed by atoms with Crippen molar-refractivity contribution in [3.63, 3.8) is 0 Å². The Bertz CT molecular complexity index is 509. The third-order valence-corrected chi connectivity index (χ3v) is 5.24. The molecule has 1 aromatic carbocycles. The monoisotopic (exact) mass is 274 g/mol. The van der Waals surface area contributed by atoms with Crippen molar-refractivity contribution >= 4 is 22.6 Å². The van der Waals surface area contributed by atoms with E-state index < -0.39 is 0 Å². The van der Waals surface area contributed by atoms with Crippen molar-refractivity contribution in [3.05, 3.63) is 29.3 Å². The molecular formula is C16H22N2S. The lowest BCUT2D eigenvalue weighted by atomic mass is 9.97. The lowest BCUT2D eigenvalue weighted by Crippen LogP contribution is -2.29. The molecule has 0 bridgehead atoms. The zero-order chi connectivity index (χ0) is 13.3. The number of hydrogen-bond acceptors (Lipinski definition) is 3. The van der Waals surface area contributed by atoms with Gasteiger partial charge in [0.05, 0.1) is 5.54 Å². The van der Waals surface area contributed by atoms with E-state index in [0.717, 1.165) is 11.6 Å². The van der Waals surface area contributed by atoms with Crippen LogP contribution in [-0.4, -0.2) is 16.5 Å². The topological polar surface area (TPSA) is 24.4 Å². The molecule has 3 heteroatoms. The Hall–Kier alpha value is -0.960. The molecule has 1 atom stereocenters. The van der Waals surface area contributed by atoms with Gasteiger partial charge in [0.2, 0.25) is 0 Å². The summed E-state index contributed by atoms with van der Waals surface area (Å²) in [6.45, 7) is 4.49. The molecule has 0 amide bonds. The van der Waals surface area contributed by atoms with Gasteiger partial charge in [0, 0.05) is 11.4 Å². The first-order valence-corrected chi connectivity index (χ1v) is 8.28. The minimum absolute atomic E-state index is 0.129. The molecular weight excluding hydrogens is 252 g/mol. The van der Waals surface area contributed by atoms with Gasteiger partial charge >= 0.3 is 0 Å². The number of rotatable bonds is 2. The number of thioether (sulfide) groups is 1. The number of aryl methyl sites for hydroxylation is 2. The van der Waals surface area contributed by atoms with Crippen LogP contribution in [0.4, 0.5) is 5.69 Å². The summed E-state index contributed by atoms with van der Waals surface area (Å²) in [4.78, 5) is 4.89. The molecule has 1 aromatic rings. The molecule has 102 valence electrons. The number of fused-ring (bicyclic) bond motifs is 1. The fourth-order valence-electron chi connectivity index (χ4n) is 2.79. The first-order chi connectivity index (χ1) is 9.18. The number of benzene rings is 1. The zero-order valence-corrected chi connectivity index (χ0v) is 12.6. The molecule has 2 aliphatic rings. The van der Waals surface area contributed by atoms with Crippen molar-refractivity contribution < 1.29 is 0 Å². The summed E-state index contributed by atoms with van der Waals surface area (Å²) in [5.74, 6) is 1.17. The molecule has 0 saturated carbocycles. The summed E-state index contributed by atoms with van der Waals surface area (Å²) in [6, 6.07) is 6.78. The lowest BCUT2D eigenvalue weighted by Gasteiger charge is -2.29. The Morgan fingerprint density at radius 2 is 2.16 bits per heavy atom. The van der Waals surface area contributed by atoms with Crippen LogP contribution in [0.25, 0.3) is 0 Å². The zero-order valence-electron chi connectivity index (χ0n) is 11.8. The predicted octanol–water partition coefficient (Wildman–Crippen LogP) is 4.25. The van der Waals surface area contributed by atoms with E-state index in [1.807, 2.05) is 11.8 Å². The Balaban J connectivity index is 1.78. The molecule has 19 heavy (non-hydrogen) atoms. The third kappa shape index (κ3) is 2.81. The molecule has 0 fully saturated rings. The Morgan fingerprint density at radius 1 is 1.32 bits per heavy atom. The maximum absolute atomic E-state index is 4.89. The van der Waals surface area contributed by atoms with Gasteiger partial charge in [-0.15, -0.1) is 0 Å². The second kappa shape index (κ2) is 5.20. The van der Waals surface area contributed by atoms with Crippen molar-refractivity contribution in [2.75, 3.05) is 11.1 Å². The molecule has 1 aliphatic heterocycles. The van der Waals surface area contributed by atoms with Gasteiger partial charge in [0.15, 0.2) is 5.17 Å². The Labute approximate surface area is 120 Å². The highest BCUT2D eigenvalue weighted by Crippen LogP contribution is 2.31. The number of anilines is 1. The van der Waals surface area contributed by atoms with Crippen molar-refractivity contribution in [2.24, 2.45) is 4.99 Å². The molecule has 0 aromatic heterocycles. The van der Waals surface area contributed by atoms with Gasteiger partial charge in [-0.05, 0) is 62.3 Å². The fourth-order valence-corrected chi connectivity index (χ4v) is 4.00. The van der Waals surface area contributed by atoms with Gasteiger partial charge in [0.1, 0.15) is 0 Å². The molecule has 0 saturated heterocycles. The van der Waals surface area contributed by atoms with E-state index in [-0.39, 0.29) is 5.54 Å². The van der Waals surface area contributed by atoms with E-state index >= 15 is 0 Å². The summed E-state index contributed by atoms with van der Waals surface area (Å²) in [5.41, 5.74) is 4.38. The second-order valence-corrected chi connectivity index (χ2v) is 6.91. The number of nitrogens with zero attached hydrogens (tertiary/aromatic N) is 1. The molecule has 1 unspecified atom stereocenters. The largest absolute Gasteiger partial charge is 0.335 e. The summed E-state index contributed by atoms with van der Waals surface area (Å²) in [6.07, 6.45) is 6.09. The molecule has 1 aliphatic carbocycles. The number of aliphatic imine (C=N–C) groups is 1. The van der Waals surface area contributed by atoms with Gasteiger partial charge in [-0.2, -0.15) is 0 Å². The van der Waals surface area contributed by atoms with Crippen molar-refractivity contribution in [1.29, 1.82) is 0 Å². The van der Waals surface area contributed by atoms with E-state index in [1.54, 1.807) is 0 Å². The lowest BCUT2D eigenvalue weighted by molar-refractivity contribution is 0.443. The van der Waals surface area contributed by atoms with Crippen LogP contribution in [0.3, 0.4) is 0 Å². The van der Waals surface area contributed by atoms with Crippen LogP contribution in [0.5, 0.6) is 0 Å². The first-order valence-electron chi connectivity index (χ1n) is 7.30. The summed E-state index contributed by atoms with van der Waals surface area (Å²) in [7, 11) is 0. The highest BCUT2D eigenvalue weighted by molar-refractivity contribution is 8.14. The number of hydrogen-bond donors (Lipinski definition) is 1. The quantitative estimate of drug-likeness (QED) is 0.872. The minimum atomic E-state index is 0.129. The Kier molecular flexibility index (Phi) is 3.57. The molecule has 2 nitrogen and oxygen atoms in total. The normalized spacial score (nSPS) is 25.9. The van der Waals surface area contributed by atoms with Crippen LogP contribution in [0.1, 0.15) is 44.2 Å². The van der Waals surface area contributed by atoms with E-state index in [4.69, 9.17) is 4.99 Å². The Morgan fingerprint density at radius 3 is 3.00 bits per heavy atom. The maximum atomic E-state index is 4.89. The molecule has 3 rings (SSSR count). The average Bonchev–Trinajstić information content (AvgIpc) is 2.86. The highest BCUT2D eigenvalue weighted by atomic mass is 32.2. The molecule has 1 heterocycles. The van der Waals surface area contributed by atoms with Crippen LogP contribution >= 0.6 is 11.8 Å². The van der Waals surface area contributed by atoms with Crippen molar-refractivity contribution in [2.45, 2.75) is 51.5 Å². The van der Waals surface area contributed by atoms with Crippen LogP contribution in [0.15, 0.2) is 23.2 Å². The van der Waals surface area contributed by atoms with Crippen LogP contribution in [0.2, 0.25) is 0 Å². The minimum Gasteiger partial charge on any atom is -0.335 e. The van der Waals surface area contributed by atoms with Gasteiger partial charge < -0.3 is 5.32 Å². The van der Waals surface area contributed by atoms with Gasteiger partial charge in [0.25, 0.3) is 0 Å². The SMILES string of the molecule is CCC1(C)CCSC(Nc2ccc3c(c2)CCC3)=N1. The standard InChI is InChI=1S/C16H22N2S/c1-3-16(2)9-10-19-15(18-16)17-14-8-7-12-5-4-6-13(12)11-14/h7-8,11H,3-6,9-10H2,1-2H3,(H,17,18). The van der Waals surface area contributed by atoms with E-state index in [0.29, 0.717) is 0 Å². The van der Waals surface area contributed by atoms with Gasteiger partial charge in [-0.3, -0.25) is 4.99 Å². The van der Waals surface area contributed by atoms with Crippen molar-refractivity contribution in [1.82, 2.24) is 0 Å². The van der Waals surface area contributed by atoms with E-state index in [9.17, 15) is 0 Å². The van der Waals surface area contributed by atoms with Gasteiger partial charge in [-0.25, -0.2) is 0 Å². The molecule has 0 spiro atoms. The maximum Gasteiger partial charge on any atom is 0.161 e. The fraction of sp³-hybridized carbons (Fsp3) is 0.562. The van der Waals surface area contributed by atoms with Crippen LogP contribution in [0, 0.1) is 0 Å². The van der Waals surface area contributed by atoms with Crippen LogP contribution in [-0.2, 0) is 12.8 Å². The van der Waals surface area contributed by atoms with Gasteiger partial charge in [-0.1, -0.05) is 24.8 Å². The summed E-state index contributed by atoms with van der Waals surface area (Å²) in [5, 5.41) is 4.60. The summed E-state index contributed by atoms with van der Waals surface area (Å²) >= 11 is 1.85. The molecule has 1 N–H and O–H groups in total. The smallest absolute Gasteiger partial charge is 0.161 e. The molecule has 0 radical (unpaired) electrons. The first kappa shape index (κ1) is 13.0. The third-order valence-electron chi connectivity index (χ3n) is 4.36. The van der Waals surface area contributed by atoms with Crippen LogP contribution < -0.4 is 5.32 Å². The predicted molar refractivity (Wildman–Crippen MR) is 85.3 cm³/mol.